The first-order chi connectivity index (χ1) is 45.5. The van der Waals surface area contributed by atoms with Crippen LogP contribution in [0.1, 0.15) is 81.3 Å². The molecular formula is C64H82N18O13. The molecule has 31 nitrogen and oxygen atoms in total. The number of hydrogen-bond acceptors (Lipinski definition) is 15. The summed E-state index contributed by atoms with van der Waals surface area (Å²) in [6, 6.07) is 9.60. The van der Waals surface area contributed by atoms with Gasteiger partial charge in [0.2, 0.25) is 65.0 Å². The van der Waals surface area contributed by atoms with Crippen molar-refractivity contribution >= 4 is 92.7 Å². The van der Waals surface area contributed by atoms with Crippen LogP contribution < -0.4 is 65.1 Å². The number of para-hydroxylation sites is 2. The number of aromatic amines is 3. The van der Waals surface area contributed by atoms with Crippen LogP contribution in [0.5, 0.6) is 5.75 Å². The highest BCUT2D eigenvalue weighted by Crippen LogP contribution is 2.23. The van der Waals surface area contributed by atoms with Gasteiger partial charge in [-0.05, 0) is 91.3 Å². The molecule has 506 valence electrons. The van der Waals surface area contributed by atoms with Gasteiger partial charge in [-0.3, -0.25) is 57.7 Å². The van der Waals surface area contributed by atoms with Crippen LogP contribution in [0.3, 0.4) is 0 Å². The Balaban J connectivity index is 1.05. The molecule has 0 radical (unpaired) electrons. The van der Waals surface area contributed by atoms with Crippen molar-refractivity contribution < 1.29 is 63.0 Å². The van der Waals surface area contributed by atoms with Gasteiger partial charge < -0.3 is 95.1 Å². The number of primary amides is 1. The zero-order chi connectivity index (χ0) is 68.3. The number of benzene rings is 3. The molecular weight excluding hydrogens is 1230 g/mol. The predicted octanol–water partition coefficient (Wildman–Crippen LogP) is -2.29. The Morgan fingerprint density at radius 1 is 0.674 bits per heavy atom. The molecule has 2 aliphatic heterocycles. The molecule has 6 aromatic rings. The van der Waals surface area contributed by atoms with Gasteiger partial charge in [-0.15, -0.1) is 0 Å². The summed E-state index contributed by atoms with van der Waals surface area (Å²) < 4.78 is 0. The molecule has 2 aliphatic rings. The maximum atomic E-state index is 15.1. The van der Waals surface area contributed by atoms with Gasteiger partial charge >= 0.3 is 0 Å². The molecule has 3 unspecified atom stereocenters. The normalized spacial score (nSPS) is 16.6. The summed E-state index contributed by atoms with van der Waals surface area (Å²) >= 11 is 0. The molecule has 0 spiro atoms. The molecule has 3 aromatic carbocycles. The van der Waals surface area contributed by atoms with Crippen molar-refractivity contribution in [2.75, 3.05) is 26.2 Å². The number of fused-ring (bicyclic) bond motifs is 2. The third-order valence-electron chi connectivity index (χ3n) is 16.3. The molecule has 0 bridgehead atoms. The van der Waals surface area contributed by atoms with Crippen molar-refractivity contribution in [2.24, 2.45) is 28.1 Å². The number of aliphatic hydroxyl groups excluding tert-OH is 1. The number of nitrogens with two attached hydrogens (primary N) is 3. The first kappa shape index (κ1) is 70.0. The Morgan fingerprint density at radius 3 is 1.91 bits per heavy atom. The number of rotatable bonds is 33. The van der Waals surface area contributed by atoms with E-state index in [2.05, 4.69) is 72.8 Å². The number of nitrogens with zero attached hydrogens (tertiary/aromatic N) is 3. The molecule has 11 amide bonds. The Kier molecular flexibility index (Phi) is 24.4. The lowest BCUT2D eigenvalue weighted by Gasteiger charge is -2.30. The van der Waals surface area contributed by atoms with E-state index >= 15 is 9.59 Å². The number of aromatic hydroxyl groups is 1. The lowest BCUT2D eigenvalue weighted by Crippen LogP contribution is -2.61. The number of guanidine groups is 1. The van der Waals surface area contributed by atoms with E-state index in [0.29, 0.717) is 45.4 Å². The van der Waals surface area contributed by atoms with Gasteiger partial charge in [0, 0.05) is 85.4 Å². The van der Waals surface area contributed by atoms with Crippen LogP contribution in [0.4, 0.5) is 0 Å². The summed E-state index contributed by atoms with van der Waals surface area (Å²) in [7, 11) is 0. The van der Waals surface area contributed by atoms with Crippen molar-refractivity contribution in [3.63, 3.8) is 0 Å². The number of carbonyl (C=O) groups excluding carboxylic acids is 11. The first-order valence-electron chi connectivity index (χ1n) is 31.3. The SMILES string of the molecule is CC(C)CC(NC(=O)[C@H](Cc1cc2ccccc2[nH]1)NC(=O)C(Cc1ccc(O)cc1)NC(=O)[C@H](CO)NC(=O)C(Cc1c[nH]c2ccccc12)NC(=O)[C@H](Cc1cnc[nH]1)NC(=O)[C@H]1CCC(=O)N1)C(=O)N[C@@H](CCCN=C(N)N)C(=O)N1CCC[C@H]1C(=O)NCC(N)=O. The minimum absolute atomic E-state index is 0.00922. The number of aromatic nitrogens is 4. The van der Waals surface area contributed by atoms with E-state index in [1.807, 2.05) is 12.1 Å². The van der Waals surface area contributed by atoms with Crippen LogP contribution in [0, 0.1) is 5.92 Å². The number of H-pyrrole nitrogens is 3. The maximum absolute atomic E-state index is 15.1. The van der Waals surface area contributed by atoms with E-state index < -0.39 is 127 Å². The smallest absolute Gasteiger partial charge is 0.245 e. The summed E-state index contributed by atoms with van der Waals surface area (Å²) in [4.78, 5) is 172. The molecule has 9 atom stereocenters. The zero-order valence-corrected chi connectivity index (χ0v) is 52.6. The molecule has 0 saturated carbocycles. The summed E-state index contributed by atoms with van der Waals surface area (Å²) in [5.74, 6) is -9.06. The van der Waals surface area contributed by atoms with Gasteiger partial charge in [-0.25, -0.2) is 4.98 Å². The third-order valence-corrected chi connectivity index (χ3v) is 16.3. The van der Waals surface area contributed by atoms with Crippen LogP contribution in [-0.4, -0.2) is 187 Å². The Hall–Kier alpha value is -10.8. The molecule has 2 saturated heterocycles. The van der Waals surface area contributed by atoms with Crippen LogP contribution >= 0.6 is 0 Å². The molecule has 3 aromatic heterocycles. The summed E-state index contributed by atoms with van der Waals surface area (Å²) in [6.45, 7) is 2.32. The van der Waals surface area contributed by atoms with Crippen LogP contribution in [0.25, 0.3) is 21.8 Å². The Labute approximate surface area is 545 Å². The number of nitrogens with one attached hydrogen (secondary N) is 12. The molecule has 5 heterocycles. The number of aliphatic imine (C=N–C) groups is 1. The second-order valence-electron chi connectivity index (χ2n) is 24.0. The van der Waals surface area contributed by atoms with Crippen molar-refractivity contribution in [3.8, 4) is 5.75 Å². The minimum atomic E-state index is -1.80. The quantitative estimate of drug-likeness (QED) is 0.0117. The standard InChI is InChI=1S/C64H82N18O13/c1-34(2)23-46(56(88)75-45(13-7-21-69-64(66)67)63(95)82-22-8-14-52(82)62(94)71-31-53(65)85)76-59(91)49(27-38-25-36-9-3-5-11-42(36)73-38)80-57(89)47(24-35-15-17-40(84)18-16-35)77-61(93)51(32-83)81-58(90)48(26-37-29-70-43-12-6-4-10-41(37)43)78-60(92)50(28-39-30-68-33-72-39)79-55(87)44-19-20-54(86)74-44/h3-6,9-12,15-18,25,29-30,33-34,44-52,70,73,83-84H,7-8,13-14,19-24,26-28,31-32H2,1-2H3,(H2,65,85)(H,68,72)(H,71,94)(H,74,86)(H,75,88)(H,76,91)(H,77,93)(H,78,92)(H,79,87)(H,80,89)(H,81,90)(H4,66,67,69)/t44-,45+,46?,47?,48?,49+,50+,51+,52+/m1/s1. The number of hydrogen-bond donors (Lipinski definition) is 17. The Bertz CT molecular complexity index is 3720. The molecule has 20 N–H and O–H groups in total. The second-order valence-corrected chi connectivity index (χ2v) is 24.0. The zero-order valence-electron chi connectivity index (χ0n) is 52.6. The largest absolute Gasteiger partial charge is 0.508 e. The van der Waals surface area contributed by atoms with E-state index in [-0.39, 0.29) is 101 Å². The molecule has 2 fully saturated rings. The van der Waals surface area contributed by atoms with E-state index in [1.54, 1.807) is 62.5 Å². The van der Waals surface area contributed by atoms with Gasteiger partial charge in [0.05, 0.1) is 19.5 Å². The van der Waals surface area contributed by atoms with Gasteiger partial charge in [0.1, 0.15) is 60.1 Å². The van der Waals surface area contributed by atoms with Crippen molar-refractivity contribution in [2.45, 2.75) is 139 Å². The van der Waals surface area contributed by atoms with E-state index in [0.717, 1.165) is 5.39 Å². The highest BCUT2D eigenvalue weighted by atomic mass is 16.3. The minimum Gasteiger partial charge on any atom is -0.508 e. The van der Waals surface area contributed by atoms with Crippen LogP contribution in [0.2, 0.25) is 0 Å². The highest BCUT2D eigenvalue weighted by Gasteiger charge is 2.40. The van der Waals surface area contributed by atoms with Crippen LogP contribution in [0.15, 0.2) is 103 Å². The van der Waals surface area contributed by atoms with Gasteiger partial charge in [-0.1, -0.05) is 62.4 Å². The number of phenols is 1. The topological polar surface area (TPSA) is 490 Å². The second kappa shape index (κ2) is 33.1. The molecule has 0 aliphatic carbocycles. The average Bonchev–Trinajstić information content (AvgIpc) is 1.80. The van der Waals surface area contributed by atoms with E-state index in [1.165, 1.54) is 41.7 Å². The van der Waals surface area contributed by atoms with Gasteiger partial charge in [-0.2, -0.15) is 0 Å². The fourth-order valence-corrected chi connectivity index (χ4v) is 11.5. The first-order valence-corrected chi connectivity index (χ1v) is 31.3. The molecule has 95 heavy (non-hydrogen) atoms. The summed E-state index contributed by atoms with van der Waals surface area (Å²) in [5.41, 5.74) is 19.7. The average molecular weight is 1310 g/mol. The summed E-state index contributed by atoms with van der Waals surface area (Å²) in [5, 5.41) is 46.5. The Morgan fingerprint density at radius 2 is 1.27 bits per heavy atom. The van der Waals surface area contributed by atoms with Crippen molar-refractivity contribution in [3.05, 3.63) is 120 Å². The van der Waals surface area contributed by atoms with Crippen LogP contribution in [-0.2, 0) is 78.4 Å². The van der Waals surface area contributed by atoms with Crippen molar-refractivity contribution in [1.82, 2.24) is 72.7 Å². The van der Waals surface area contributed by atoms with Gasteiger partial charge in [0.25, 0.3) is 0 Å². The number of phenolic OH excluding ortho intramolecular Hbond substituents is 1. The number of likely N-dealkylation sites (tertiary alicyclic amines) is 1. The maximum Gasteiger partial charge on any atom is 0.245 e. The van der Waals surface area contributed by atoms with E-state index in [4.69, 9.17) is 17.2 Å². The lowest BCUT2D eigenvalue weighted by molar-refractivity contribution is -0.142. The number of aliphatic hydroxyl groups is 1. The molecule has 31 heteroatoms. The highest BCUT2D eigenvalue weighted by molar-refractivity contribution is 6.00. The lowest BCUT2D eigenvalue weighted by atomic mass is 10.00. The summed E-state index contributed by atoms with van der Waals surface area (Å²) in [6.07, 6.45) is 4.83. The van der Waals surface area contributed by atoms with Gasteiger partial charge in [0.15, 0.2) is 5.96 Å². The molecule has 8 rings (SSSR count). The number of amides is 11. The number of imidazole rings is 1. The van der Waals surface area contributed by atoms with E-state index in [9.17, 15) is 53.4 Å². The predicted molar refractivity (Wildman–Crippen MR) is 346 cm³/mol. The third kappa shape index (κ3) is 19.8. The fourth-order valence-electron chi connectivity index (χ4n) is 11.5. The fraction of sp³-hybridized carbons (Fsp3) is 0.422. The van der Waals surface area contributed by atoms with Crippen molar-refractivity contribution in [1.29, 1.82) is 0 Å². The number of carbonyl (C=O) groups is 11. The monoisotopic (exact) mass is 1310 g/mol.